The standard InChI is InChI=1S/C27H24N2O5/c1-33-23-11-10-18(14-24(23)34-19-12-16-6-2-3-7-17(16)13-19)22(15-25(28)30)29-26(31)20-8-4-5-9-21(20)27(29)32/h2-11,14,19,22H,12-13,15H2,1H3,(H2,28,30). The van der Waals surface area contributed by atoms with E-state index >= 15 is 0 Å². The lowest BCUT2D eigenvalue weighted by atomic mass is 10.0. The summed E-state index contributed by atoms with van der Waals surface area (Å²) < 4.78 is 11.8. The van der Waals surface area contributed by atoms with Crippen LogP contribution in [-0.2, 0) is 17.6 Å². The van der Waals surface area contributed by atoms with Gasteiger partial charge < -0.3 is 15.2 Å². The fourth-order valence-corrected chi connectivity index (χ4v) is 4.81. The Morgan fingerprint density at radius 3 is 2.09 bits per heavy atom. The SMILES string of the molecule is COc1ccc(C(CC(N)=O)N2C(=O)c3ccccc3C2=O)cc1OC1Cc2ccccc2C1. The third-order valence-corrected chi connectivity index (χ3v) is 6.41. The number of benzene rings is 3. The number of ether oxygens (including phenoxy) is 2. The Morgan fingerprint density at radius 2 is 1.53 bits per heavy atom. The van der Waals surface area contributed by atoms with Crippen LogP contribution < -0.4 is 15.2 Å². The zero-order valence-corrected chi connectivity index (χ0v) is 18.7. The molecule has 0 saturated carbocycles. The van der Waals surface area contributed by atoms with E-state index in [1.54, 1.807) is 49.6 Å². The molecule has 3 amide bonds. The molecule has 1 aliphatic carbocycles. The Kier molecular flexibility index (Phi) is 5.53. The van der Waals surface area contributed by atoms with Crippen molar-refractivity contribution in [3.63, 3.8) is 0 Å². The van der Waals surface area contributed by atoms with E-state index < -0.39 is 23.8 Å². The van der Waals surface area contributed by atoms with Crippen LogP contribution in [0.1, 0.15) is 49.9 Å². The van der Waals surface area contributed by atoms with Gasteiger partial charge in [0, 0.05) is 12.8 Å². The summed E-state index contributed by atoms with van der Waals surface area (Å²) in [5.41, 5.74) is 9.23. The zero-order chi connectivity index (χ0) is 23.8. The molecule has 1 unspecified atom stereocenters. The first-order chi connectivity index (χ1) is 16.5. The molecule has 0 saturated heterocycles. The molecule has 7 nitrogen and oxygen atoms in total. The lowest BCUT2D eigenvalue weighted by Crippen LogP contribution is -2.36. The number of nitrogens with two attached hydrogens (primary N) is 1. The zero-order valence-electron chi connectivity index (χ0n) is 18.7. The van der Waals surface area contributed by atoms with Crippen LogP contribution in [0.4, 0.5) is 0 Å². The van der Waals surface area contributed by atoms with Crippen molar-refractivity contribution in [1.29, 1.82) is 0 Å². The quantitative estimate of drug-likeness (QED) is 0.549. The minimum atomic E-state index is -0.862. The molecule has 0 aromatic heterocycles. The Bertz CT molecular complexity index is 1240. The van der Waals surface area contributed by atoms with E-state index in [1.807, 2.05) is 12.1 Å². The Morgan fingerprint density at radius 1 is 0.941 bits per heavy atom. The summed E-state index contributed by atoms with van der Waals surface area (Å²) in [6, 6.07) is 19.2. The molecule has 7 heteroatoms. The van der Waals surface area contributed by atoms with Crippen LogP contribution in [-0.4, -0.2) is 35.8 Å². The molecule has 0 fully saturated rings. The number of fused-ring (bicyclic) bond motifs is 2. The van der Waals surface area contributed by atoms with Crippen LogP contribution in [0.15, 0.2) is 66.7 Å². The van der Waals surface area contributed by atoms with E-state index in [4.69, 9.17) is 15.2 Å². The minimum Gasteiger partial charge on any atom is -0.493 e. The third kappa shape index (κ3) is 3.79. The molecule has 3 aromatic carbocycles. The summed E-state index contributed by atoms with van der Waals surface area (Å²) in [4.78, 5) is 39.3. The number of hydrogen-bond acceptors (Lipinski definition) is 5. The van der Waals surface area contributed by atoms with Crippen LogP contribution >= 0.6 is 0 Å². The maximum absolute atomic E-state index is 13.1. The lowest BCUT2D eigenvalue weighted by Gasteiger charge is -2.27. The van der Waals surface area contributed by atoms with Crippen LogP contribution in [0, 0.1) is 0 Å². The second kappa shape index (κ2) is 8.67. The first kappa shape index (κ1) is 21.7. The molecule has 0 radical (unpaired) electrons. The molecule has 2 aliphatic rings. The maximum atomic E-state index is 13.1. The number of carbonyl (C=O) groups excluding carboxylic acids is 3. The average Bonchev–Trinajstić information content (AvgIpc) is 3.35. The molecule has 172 valence electrons. The first-order valence-electron chi connectivity index (χ1n) is 11.1. The van der Waals surface area contributed by atoms with Gasteiger partial charge in [0.15, 0.2) is 11.5 Å². The largest absolute Gasteiger partial charge is 0.493 e. The topological polar surface area (TPSA) is 98.9 Å². The van der Waals surface area contributed by atoms with Gasteiger partial charge in [0.05, 0.1) is 30.7 Å². The summed E-state index contributed by atoms with van der Waals surface area (Å²) in [7, 11) is 1.55. The van der Waals surface area contributed by atoms with Gasteiger partial charge in [-0.25, -0.2) is 0 Å². The Balaban J connectivity index is 1.48. The van der Waals surface area contributed by atoms with E-state index in [1.165, 1.54) is 11.1 Å². The fraction of sp³-hybridized carbons (Fsp3) is 0.222. The van der Waals surface area contributed by atoms with Crippen LogP contribution in [0.3, 0.4) is 0 Å². The summed E-state index contributed by atoms with van der Waals surface area (Å²) in [5.74, 6) is -0.498. The van der Waals surface area contributed by atoms with E-state index in [0.29, 0.717) is 28.2 Å². The summed E-state index contributed by atoms with van der Waals surface area (Å²) in [6.45, 7) is 0. The smallest absolute Gasteiger partial charge is 0.262 e. The number of amides is 3. The van der Waals surface area contributed by atoms with Gasteiger partial charge >= 0.3 is 0 Å². The van der Waals surface area contributed by atoms with Gasteiger partial charge in [-0.15, -0.1) is 0 Å². The van der Waals surface area contributed by atoms with E-state index in [-0.39, 0.29) is 12.5 Å². The van der Waals surface area contributed by atoms with Gasteiger partial charge in [-0.05, 0) is 41.0 Å². The average molecular weight is 456 g/mol. The predicted octanol–water partition coefficient (Wildman–Crippen LogP) is 3.45. The monoisotopic (exact) mass is 456 g/mol. The number of primary amides is 1. The van der Waals surface area contributed by atoms with Gasteiger partial charge in [0.1, 0.15) is 6.10 Å². The molecule has 1 aliphatic heterocycles. The molecule has 3 aromatic rings. The highest BCUT2D eigenvalue weighted by atomic mass is 16.5. The number of carbonyl (C=O) groups is 3. The van der Waals surface area contributed by atoms with Crippen LogP contribution in [0.25, 0.3) is 0 Å². The van der Waals surface area contributed by atoms with Gasteiger partial charge in [-0.3, -0.25) is 19.3 Å². The molecular formula is C27H24N2O5. The summed E-state index contributed by atoms with van der Waals surface area (Å²) in [6.07, 6.45) is 1.27. The molecule has 5 rings (SSSR count). The molecule has 2 N–H and O–H groups in total. The van der Waals surface area contributed by atoms with Gasteiger partial charge in [0.2, 0.25) is 5.91 Å². The van der Waals surface area contributed by atoms with Crippen molar-refractivity contribution in [2.75, 3.05) is 7.11 Å². The predicted molar refractivity (Wildman–Crippen MR) is 125 cm³/mol. The number of nitrogens with zero attached hydrogens (tertiary/aromatic N) is 1. The van der Waals surface area contributed by atoms with E-state index in [9.17, 15) is 14.4 Å². The Hall–Kier alpha value is -4.13. The van der Waals surface area contributed by atoms with Gasteiger partial charge in [0.25, 0.3) is 11.8 Å². The van der Waals surface area contributed by atoms with E-state index in [2.05, 4.69) is 12.1 Å². The number of rotatable bonds is 7. The lowest BCUT2D eigenvalue weighted by molar-refractivity contribution is -0.118. The summed E-state index contributed by atoms with van der Waals surface area (Å²) >= 11 is 0. The first-order valence-corrected chi connectivity index (χ1v) is 11.1. The van der Waals surface area contributed by atoms with Crippen molar-refractivity contribution in [3.05, 3.63) is 94.5 Å². The van der Waals surface area contributed by atoms with Crippen molar-refractivity contribution < 1.29 is 23.9 Å². The maximum Gasteiger partial charge on any atom is 0.262 e. The normalized spacial score (nSPS) is 15.7. The van der Waals surface area contributed by atoms with Crippen molar-refractivity contribution >= 4 is 17.7 Å². The molecule has 1 atom stereocenters. The Labute approximate surface area is 197 Å². The number of methoxy groups -OCH3 is 1. The number of imide groups is 1. The molecule has 0 bridgehead atoms. The van der Waals surface area contributed by atoms with Gasteiger partial charge in [-0.2, -0.15) is 0 Å². The van der Waals surface area contributed by atoms with E-state index in [0.717, 1.165) is 17.7 Å². The van der Waals surface area contributed by atoms with Crippen molar-refractivity contribution in [1.82, 2.24) is 4.90 Å². The van der Waals surface area contributed by atoms with Crippen LogP contribution in [0.2, 0.25) is 0 Å². The second-order valence-electron chi connectivity index (χ2n) is 8.54. The molecule has 34 heavy (non-hydrogen) atoms. The molecular weight excluding hydrogens is 432 g/mol. The van der Waals surface area contributed by atoms with Crippen molar-refractivity contribution in [3.8, 4) is 11.5 Å². The highest BCUT2D eigenvalue weighted by Crippen LogP contribution is 2.38. The van der Waals surface area contributed by atoms with Gasteiger partial charge in [-0.1, -0.05) is 42.5 Å². The molecule has 1 heterocycles. The fourth-order valence-electron chi connectivity index (χ4n) is 4.81. The summed E-state index contributed by atoms with van der Waals surface area (Å²) in [5, 5.41) is 0. The number of hydrogen-bond donors (Lipinski definition) is 1. The van der Waals surface area contributed by atoms with Crippen molar-refractivity contribution in [2.24, 2.45) is 5.73 Å². The highest BCUT2D eigenvalue weighted by Gasteiger charge is 2.41. The third-order valence-electron chi connectivity index (χ3n) is 6.41. The highest BCUT2D eigenvalue weighted by molar-refractivity contribution is 6.21. The second-order valence-corrected chi connectivity index (χ2v) is 8.54. The van der Waals surface area contributed by atoms with Crippen LogP contribution in [0.5, 0.6) is 11.5 Å². The molecule has 0 spiro atoms. The minimum absolute atomic E-state index is 0.0737. The van der Waals surface area contributed by atoms with Crippen molar-refractivity contribution in [2.45, 2.75) is 31.4 Å².